The van der Waals surface area contributed by atoms with E-state index < -0.39 is 0 Å². The molecule has 0 unspecified atom stereocenters. The summed E-state index contributed by atoms with van der Waals surface area (Å²) in [7, 11) is 0. The monoisotopic (exact) mass is 346 g/mol. The normalized spacial score (nSPS) is 12.5. The molecule has 0 bridgehead atoms. The molecule has 4 rings (SSSR count). The molecule has 0 aliphatic carbocycles. The topological polar surface area (TPSA) is 60.5 Å². The highest BCUT2D eigenvalue weighted by Gasteiger charge is 2.13. The molecule has 0 saturated heterocycles. The minimum Gasteiger partial charge on any atom is -0.486 e. The van der Waals surface area contributed by atoms with Gasteiger partial charge < -0.3 is 14.8 Å². The number of fused-ring (bicyclic) bond motifs is 1. The summed E-state index contributed by atoms with van der Waals surface area (Å²) in [6.07, 6.45) is 1.59. The van der Waals surface area contributed by atoms with Crippen LogP contribution in [0.2, 0.25) is 0 Å². The first-order chi connectivity index (χ1) is 12.7. The summed E-state index contributed by atoms with van der Waals surface area (Å²) in [6.45, 7) is 3.09. The van der Waals surface area contributed by atoms with Crippen molar-refractivity contribution in [3.63, 3.8) is 0 Å². The first-order valence-corrected chi connectivity index (χ1v) is 8.43. The van der Waals surface area contributed by atoms with E-state index in [0.29, 0.717) is 36.0 Å². The Morgan fingerprint density at radius 1 is 0.962 bits per heavy atom. The summed E-state index contributed by atoms with van der Waals surface area (Å²) >= 11 is 0. The van der Waals surface area contributed by atoms with Crippen LogP contribution in [-0.2, 0) is 0 Å². The minimum atomic E-state index is -0.218. The van der Waals surface area contributed by atoms with Crippen LogP contribution in [0.15, 0.2) is 60.8 Å². The smallest absolute Gasteiger partial charge is 0.257 e. The highest BCUT2D eigenvalue weighted by atomic mass is 16.6. The van der Waals surface area contributed by atoms with Crippen molar-refractivity contribution in [3.05, 3.63) is 71.9 Å². The molecule has 26 heavy (non-hydrogen) atoms. The summed E-state index contributed by atoms with van der Waals surface area (Å²) in [5.74, 6) is 1.12. The molecule has 0 saturated carbocycles. The lowest BCUT2D eigenvalue weighted by atomic mass is 10.1. The van der Waals surface area contributed by atoms with Crippen molar-refractivity contribution >= 4 is 11.6 Å². The number of aryl methyl sites for hydroxylation is 1. The van der Waals surface area contributed by atoms with E-state index in [4.69, 9.17) is 9.47 Å². The molecule has 5 heteroatoms. The second kappa shape index (κ2) is 6.88. The van der Waals surface area contributed by atoms with Crippen molar-refractivity contribution < 1.29 is 14.3 Å². The maximum Gasteiger partial charge on any atom is 0.257 e. The number of ether oxygens (including phenoxy) is 2. The number of aromatic nitrogens is 1. The van der Waals surface area contributed by atoms with E-state index in [2.05, 4.69) is 10.3 Å². The summed E-state index contributed by atoms with van der Waals surface area (Å²) in [4.78, 5) is 16.9. The molecule has 1 aliphatic rings. The number of benzene rings is 2. The van der Waals surface area contributed by atoms with Crippen molar-refractivity contribution in [3.8, 4) is 22.8 Å². The summed E-state index contributed by atoms with van der Waals surface area (Å²) in [5.41, 5.74) is 4.21. The number of hydrogen-bond acceptors (Lipinski definition) is 4. The highest BCUT2D eigenvalue weighted by molar-refractivity contribution is 6.04. The zero-order valence-corrected chi connectivity index (χ0v) is 14.4. The standard InChI is InChI=1S/C21H18N2O3/c1-14-2-4-15(5-3-14)18-8-6-16(13-22-18)21(24)23-17-7-9-19-20(12-17)26-11-10-25-19/h2-9,12-13H,10-11H2,1H3,(H,23,24). The van der Waals surface area contributed by atoms with Gasteiger partial charge in [-0.15, -0.1) is 0 Å². The van der Waals surface area contributed by atoms with Crippen molar-refractivity contribution in [2.45, 2.75) is 6.92 Å². The largest absolute Gasteiger partial charge is 0.486 e. The molecule has 0 radical (unpaired) electrons. The minimum absolute atomic E-state index is 0.218. The second-order valence-electron chi connectivity index (χ2n) is 6.11. The number of carbonyl (C=O) groups is 1. The molecule has 1 N–H and O–H groups in total. The third kappa shape index (κ3) is 3.37. The molecule has 0 fully saturated rings. The van der Waals surface area contributed by atoms with Crippen LogP contribution in [-0.4, -0.2) is 24.1 Å². The van der Waals surface area contributed by atoms with Gasteiger partial charge in [0.15, 0.2) is 11.5 Å². The molecule has 130 valence electrons. The molecular weight excluding hydrogens is 328 g/mol. The number of nitrogens with zero attached hydrogens (tertiary/aromatic N) is 1. The summed E-state index contributed by atoms with van der Waals surface area (Å²) in [6, 6.07) is 17.1. The highest BCUT2D eigenvalue weighted by Crippen LogP contribution is 2.32. The van der Waals surface area contributed by atoms with Crippen LogP contribution in [0, 0.1) is 6.92 Å². The van der Waals surface area contributed by atoms with Crippen LogP contribution >= 0.6 is 0 Å². The predicted molar refractivity (Wildman–Crippen MR) is 99.8 cm³/mol. The molecule has 0 atom stereocenters. The molecule has 1 aliphatic heterocycles. The zero-order chi connectivity index (χ0) is 17.9. The third-order valence-corrected chi connectivity index (χ3v) is 4.17. The van der Waals surface area contributed by atoms with Crippen LogP contribution in [0.5, 0.6) is 11.5 Å². The van der Waals surface area contributed by atoms with Gasteiger partial charge in [-0.05, 0) is 31.2 Å². The fourth-order valence-electron chi connectivity index (χ4n) is 2.75. The van der Waals surface area contributed by atoms with Crippen molar-refractivity contribution in [2.24, 2.45) is 0 Å². The van der Waals surface area contributed by atoms with E-state index in [1.165, 1.54) is 5.56 Å². The van der Waals surface area contributed by atoms with Gasteiger partial charge in [0.2, 0.25) is 0 Å². The van der Waals surface area contributed by atoms with Gasteiger partial charge >= 0.3 is 0 Å². The van der Waals surface area contributed by atoms with Crippen LogP contribution in [0.25, 0.3) is 11.3 Å². The average molecular weight is 346 g/mol. The van der Waals surface area contributed by atoms with Gasteiger partial charge in [0.1, 0.15) is 13.2 Å². The van der Waals surface area contributed by atoms with Crippen LogP contribution in [0.3, 0.4) is 0 Å². The number of nitrogens with one attached hydrogen (secondary N) is 1. The first kappa shape index (κ1) is 16.1. The molecule has 1 aromatic heterocycles. The van der Waals surface area contributed by atoms with E-state index in [1.54, 1.807) is 30.5 Å². The Kier molecular flexibility index (Phi) is 4.27. The quantitative estimate of drug-likeness (QED) is 0.776. The number of carbonyl (C=O) groups excluding carboxylic acids is 1. The van der Waals surface area contributed by atoms with E-state index >= 15 is 0 Å². The Bertz CT molecular complexity index is 934. The Balaban J connectivity index is 1.49. The van der Waals surface area contributed by atoms with Gasteiger partial charge in [-0.25, -0.2) is 0 Å². The van der Waals surface area contributed by atoms with Gasteiger partial charge in [0.25, 0.3) is 5.91 Å². The lowest BCUT2D eigenvalue weighted by Gasteiger charge is -2.19. The maximum absolute atomic E-state index is 12.5. The number of rotatable bonds is 3. The maximum atomic E-state index is 12.5. The van der Waals surface area contributed by atoms with Gasteiger partial charge in [0.05, 0.1) is 11.3 Å². The Morgan fingerprint density at radius 2 is 1.73 bits per heavy atom. The number of hydrogen-bond donors (Lipinski definition) is 1. The number of anilines is 1. The Morgan fingerprint density at radius 3 is 2.46 bits per heavy atom. The van der Waals surface area contributed by atoms with Crippen molar-refractivity contribution in [2.75, 3.05) is 18.5 Å². The van der Waals surface area contributed by atoms with Crippen molar-refractivity contribution in [1.29, 1.82) is 0 Å². The number of amides is 1. The van der Waals surface area contributed by atoms with Gasteiger partial charge in [-0.3, -0.25) is 9.78 Å². The fourth-order valence-corrected chi connectivity index (χ4v) is 2.75. The predicted octanol–water partition coefficient (Wildman–Crippen LogP) is 4.08. The van der Waals surface area contributed by atoms with Crippen molar-refractivity contribution in [1.82, 2.24) is 4.98 Å². The molecule has 5 nitrogen and oxygen atoms in total. The fraction of sp³-hybridized carbons (Fsp3) is 0.143. The van der Waals surface area contributed by atoms with Gasteiger partial charge in [-0.2, -0.15) is 0 Å². The Labute approximate surface area is 151 Å². The molecule has 0 spiro atoms. The molecular formula is C21H18N2O3. The van der Waals surface area contributed by atoms with Crippen LogP contribution in [0.1, 0.15) is 15.9 Å². The van der Waals surface area contributed by atoms with Crippen LogP contribution < -0.4 is 14.8 Å². The summed E-state index contributed by atoms with van der Waals surface area (Å²) < 4.78 is 11.0. The van der Waals surface area contributed by atoms with E-state index in [1.807, 2.05) is 37.3 Å². The molecule has 2 heterocycles. The van der Waals surface area contributed by atoms with Gasteiger partial charge in [0, 0.05) is 23.5 Å². The van der Waals surface area contributed by atoms with Crippen LogP contribution in [0.4, 0.5) is 5.69 Å². The van der Waals surface area contributed by atoms with Gasteiger partial charge in [-0.1, -0.05) is 29.8 Å². The third-order valence-electron chi connectivity index (χ3n) is 4.17. The molecule has 1 amide bonds. The first-order valence-electron chi connectivity index (χ1n) is 8.43. The van der Waals surface area contributed by atoms with E-state index in [-0.39, 0.29) is 5.91 Å². The second-order valence-corrected chi connectivity index (χ2v) is 6.11. The zero-order valence-electron chi connectivity index (χ0n) is 14.4. The lowest BCUT2D eigenvalue weighted by molar-refractivity contribution is 0.102. The Hall–Kier alpha value is -3.34. The molecule has 3 aromatic rings. The summed E-state index contributed by atoms with van der Waals surface area (Å²) in [5, 5.41) is 2.86. The molecule has 2 aromatic carbocycles. The lowest BCUT2D eigenvalue weighted by Crippen LogP contribution is -2.16. The van der Waals surface area contributed by atoms with E-state index in [9.17, 15) is 4.79 Å². The number of pyridine rings is 1. The average Bonchev–Trinajstić information content (AvgIpc) is 2.68. The van der Waals surface area contributed by atoms with E-state index in [0.717, 1.165) is 11.3 Å². The SMILES string of the molecule is Cc1ccc(-c2ccc(C(=O)Nc3ccc4c(c3)OCCO4)cn2)cc1.